The van der Waals surface area contributed by atoms with E-state index in [2.05, 4.69) is 15.6 Å². The summed E-state index contributed by atoms with van der Waals surface area (Å²) in [6.07, 6.45) is 1.70. The van der Waals surface area contributed by atoms with Crippen LogP contribution in [0.3, 0.4) is 0 Å². The smallest absolute Gasteiger partial charge is 0.191 e. The van der Waals surface area contributed by atoms with Crippen molar-refractivity contribution in [3.05, 3.63) is 35.6 Å². The SMILES string of the molecule is CN=C(NCc1ccccc1F)NCC1(OC)CCOCC1. The second-order valence-corrected chi connectivity index (χ2v) is 5.37. The lowest BCUT2D eigenvalue weighted by Crippen LogP contribution is -2.50. The first-order valence-electron chi connectivity index (χ1n) is 7.50. The Kier molecular flexibility index (Phi) is 6.15. The molecule has 1 aliphatic heterocycles. The van der Waals surface area contributed by atoms with Gasteiger partial charge in [0.05, 0.1) is 5.60 Å². The second kappa shape index (κ2) is 8.10. The summed E-state index contributed by atoms with van der Waals surface area (Å²) >= 11 is 0. The van der Waals surface area contributed by atoms with Crippen LogP contribution in [0.25, 0.3) is 0 Å². The lowest BCUT2D eigenvalue weighted by Gasteiger charge is -2.36. The second-order valence-electron chi connectivity index (χ2n) is 5.37. The fourth-order valence-corrected chi connectivity index (χ4v) is 2.48. The van der Waals surface area contributed by atoms with E-state index in [-0.39, 0.29) is 11.4 Å². The molecule has 0 amide bonds. The van der Waals surface area contributed by atoms with Gasteiger partial charge in [0.2, 0.25) is 0 Å². The summed E-state index contributed by atoms with van der Waals surface area (Å²) in [5.74, 6) is 0.411. The lowest BCUT2D eigenvalue weighted by molar-refractivity contribution is -0.0855. The highest BCUT2D eigenvalue weighted by atomic mass is 19.1. The third-order valence-electron chi connectivity index (χ3n) is 4.04. The van der Waals surface area contributed by atoms with Gasteiger partial charge in [0, 0.05) is 58.9 Å². The Morgan fingerprint density at radius 1 is 1.32 bits per heavy atom. The number of benzene rings is 1. The summed E-state index contributed by atoms with van der Waals surface area (Å²) < 4.78 is 24.7. The zero-order valence-corrected chi connectivity index (χ0v) is 13.2. The molecule has 0 spiro atoms. The highest BCUT2D eigenvalue weighted by molar-refractivity contribution is 5.79. The standard InChI is InChI=1S/C16H24FN3O2/c1-18-15(19-11-13-5-3-4-6-14(13)17)20-12-16(21-2)7-9-22-10-8-16/h3-6H,7-12H2,1-2H3,(H2,18,19,20). The number of hydrogen-bond acceptors (Lipinski definition) is 3. The molecule has 1 fully saturated rings. The highest BCUT2D eigenvalue weighted by Gasteiger charge is 2.32. The summed E-state index contributed by atoms with van der Waals surface area (Å²) in [6.45, 7) is 2.44. The summed E-state index contributed by atoms with van der Waals surface area (Å²) in [7, 11) is 3.42. The highest BCUT2D eigenvalue weighted by Crippen LogP contribution is 2.23. The number of guanidine groups is 1. The van der Waals surface area contributed by atoms with Crippen molar-refractivity contribution < 1.29 is 13.9 Å². The first-order chi connectivity index (χ1) is 10.7. The number of rotatable bonds is 5. The number of ether oxygens (including phenoxy) is 2. The third kappa shape index (κ3) is 4.42. The number of nitrogens with one attached hydrogen (secondary N) is 2. The molecule has 0 bridgehead atoms. The Balaban J connectivity index is 1.86. The van der Waals surface area contributed by atoms with Crippen LogP contribution in [0.5, 0.6) is 0 Å². The molecule has 1 aliphatic rings. The van der Waals surface area contributed by atoms with Gasteiger partial charge in [-0.3, -0.25) is 4.99 Å². The molecule has 2 rings (SSSR count). The molecule has 1 saturated heterocycles. The Morgan fingerprint density at radius 2 is 2.05 bits per heavy atom. The zero-order chi connectivity index (χ0) is 15.8. The zero-order valence-electron chi connectivity index (χ0n) is 13.2. The van der Waals surface area contributed by atoms with Gasteiger partial charge in [0.15, 0.2) is 5.96 Å². The minimum atomic E-state index is -0.228. The van der Waals surface area contributed by atoms with Crippen LogP contribution in [-0.4, -0.2) is 45.5 Å². The molecular weight excluding hydrogens is 285 g/mol. The lowest BCUT2D eigenvalue weighted by atomic mass is 9.94. The first-order valence-corrected chi connectivity index (χ1v) is 7.50. The van der Waals surface area contributed by atoms with Crippen LogP contribution in [0.15, 0.2) is 29.3 Å². The molecule has 122 valence electrons. The van der Waals surface area contributed by atoms with E-state index in [0.29, 0.717) is 37.8 Å². The number of hydrogen-bond donors (Lipinski definition) is 2. The van der Waals surface area contributed by atoms with Crippen LogP contribution in [0.2, 0.25) is 0 Å². The molecule has 0 unspecified atom stereocenters. The number of aliphatic imine (C=N–C) groups is 1. The minimum Gasteiger partial charge on any atom is -0.381 e. The molecule has 1 heterocycles. The van der Waals surface area contributed by atoms with Gasteiger partial charge in [-0.15, -0.1) is 0 Å². The molecule has 2 N–H and O–H groups in total. The van der Waals surface area contributed by atoms with Crippen LogP contribution in [0, 0.1) is 5.82 Å². The van der Waals surface area contributed by atoms with E-state index in [1.807, 2.05) is 6.07 Å². The first kappa shape index (κ1) is 16.7. The molecule has 0 aliphatic carbocycles. The summed E-state index contributed by atoms with van der Waals surface area (Å²) in [4.78, 5) is 4.17. The summed E-state index contributed by atoms with van der Waals surface area (Å²) in [5.41, 5.74) is 0.381. The molecule has 1 aromatic rings. The van der Waals surface area contributed by atoms with Gasteiger partial charge in [-0.25, -0.2) is 4.39 Å². The van der Waals surface area contributed by atoms with Gasteiger partial charge < -0.3 is 20.1 Å². The average molecular weight is 309 g/mol. The maximum atomic E-state index is 13.6. The van der Waals surface area contributed by atoms with Crippen molar-refractivity contribution >= 4 is 5.96 Å². The van der Waals surface area contributed by atoms with E-state index < -0.39 is 0 Å². The Bertz CT molecular complexity index is 502. The van der Waals surface area contributed by atoms with Gasteiger partial charge in [0.1, 0.15) is 5.82 Å². The molecular formula is C16H24FN3O2. The third-order valence-corrected chi connectivity index (χ3v) is 4.04. The van der Waals surface area contributed by atoms with E-state index in [0.717, 1.165) is 12.8 Å². The van der Waals surface area contributed by atoms with Crippen molar-refractivity contribution in [1.82, 2.24) is 10.6 Å². The van der Waals surface area contributed by atoms with Gasteiger partial charge in [0.25, 0.3) is 0 Å². The fourth-order valence-electron chi connectivity index (χ4n) is 2.48. The quantitative estimate of drug-likeness (QED) is 0.642. The van der Waals surface area contributed by atoms with Crippen molar-refractivity contribution in [2.45, 2.75) is 25.0 Å². The largest absolute Gasteiger partial charge is 0.381 e. The molecule has 5 nitrogen and oxygen atoms in total. The van der Waals surface area contributed by atoms with E-state index in [9.17, 15) is 4.39 Å². The number of methoxy groups -OCH3 is 1. The van der Waals surface area contributed by atoms with Crippen molar-refractivity contribution in [2.24, 2.45) is 4.99 Å². The fraction of sp³-hybridized carbons (Fsp3) is 0.562. The Labute approximate surface area is 130 Å². The molecule has 1 aromatic carbocycles. The number of halogens is 1. The van der Waals surface area contributed by atoms with Crippen molar-refractivity contribution in [1.29, 1.82) is 0 Å². The normalized spacial score (nSPS) is 18.0. The van der Waals surface area contributed by atoms with Crippen LogP contribution < -0.4 is 10.6 Å². The van der Waals surface area contributed by atoms with Crippen LogP contribution >= 0.6 is 0 Å². The van der Waals surface area contributed by atoms with E-state index in [4.69, 9.17) is 9.47 Å². The van der Waals surface area contributed by atoms with Gasteiger partial charge in [-0.05, 0) is 6.07 Å². The predicted octanol–water partition coefficient (Wildman–Crippen LogP) is 1.69. The summed E-state index contributed by atoms with van der Waals surface area (Å²) in [6, 6.07) is 6.71. The summed E-state index contributed by atoms with van der Waals surface area (Å²) in [5, 5.41) is 6.38. The van der Waals surface area contributed by atoms with Gasteiger partial charge in [-0.1, -0.05) is 18.2 Å². The topological polar surface area (TPSA) is 54.9 Å². The average Bonchev–Trinajstić information content (AvgIpc) is 2.57. The van der Waals surface area contributed by atoms with Gasteiger partial charge in [-0.2, -0.15) is 0 Å². The molecule has 0 atom stereocenters. The Morgan fingerprint density at radius 3 is 2.68 bits per heavy atom. The molecule has 6 heteroatoms. The minimum absolute atomic E-state index is 0.219. The predicted molar refractivity (Wildman–Crippen MR) is 84.4 cm³/mol. The van der Waals surface area contributed by atoms with Crippen LogP contribution in [-0.2, 0) is 16.0 Å². The maximum Gasteiger partial charge on any atom is 0.191 e. The molecule has 0 saturated carbocycles. The maximum absolute atomic E-state index is 13.6. The van der Waals surface area contributed by atoms with E-state index in [1.165, 1.54) is 6.07 Å². The molecule has 22 heavy (non-hydrogen) atoms. The molecule has 0 radical (unpaired) electrons. The van der Waals surface area contributed by atoms with E-state index >= 15 is 0 Å². The number of nitrogens with zero attached hydrogens (tertiary/aromatic N) is 1. The monoisotopic (exact) mass is 309 g/mol. The van der Waals surface area contributed by atoms with Crippen LogP contribution in [0.4, 0.5) is 4.39 Å². The van der Waals surface area contributed by atoms with Gasteiger partial charge >= 0.3 is 0 Å². The van der Waals surface area contributed by atoms with Crippen molar-refractivity contribution in [3.63, 3.8) is 0 Å². The Hall–Kier alpha value is -1.66. The van der Waals surface area contributed by atoms with Crippen molar-refractivity contribution in [2.75, 3.05) is 33.9 Å². The van der Waals surface area contributed by atoms with Crippen molar-refractivity contribution in [3.8, 4) is 0 Å². The van der Waals surface area contributed by atoms with E-state index in [1.54, 1.807) is 26.3 Å². The molecule has 0 aromatic heterocycles. The van der Waals surface area contributed by atoms with Crippen LogP contribution in [0.1, 0.15) is 18.4 Å².